The van der Waals surface area contributed by atoms with Crippen molar-refractivity contribution in [3.05, 3.63) is 0 Å². The average molecular weight is 200 g/mol. The summed E-state index contributed by atoms with van der Waals surface area (Å²) in [4.78, 5) is 30.5. The van der Waals surface area contributed by atoms with Crippen molar-refractivity contribution in [1.29, 1.82) is 0 Å². The summed E-state index contributed by atoms with van der Waals surface area (Å²) in [5, 5.41) is 16.2. The van der Waals surface area contributed by atoms with E-state index in [9.17, 15) is 14.4 Å². The normalized spacial score (nSPS) is 10.8. The van der Waals surface area contributed by atoms with Crippen molar-refractivity contribution in [2.24, 2.45) is 5.92 Å². The van der Waals surface area contributed by atoms with E-state index in [4.69, 9.17) is 10.2 Å². The Morgan fingerprint density at radius 2 is 1.77 bits per heavy atom. The average Bonchev–Trinajstić information content (AvgIpc) is 1.84. The topological polar surface area (TPSA) is 101 Å². The van der Waals surface area contributed by atoms with Crippen LogP contribution < -0.4 is 0 Å². The first-order valence-electron chi connectivity index (χ1n) is 3.10. The maximum absolute atomic E-state index is 10.6. The first-order chi connectivity index (χ1) is 5.43. The predicted octanol–water partition coefficient (Wildman–Crippen LogP) is -0.330. The fraction of sp³-hybridized carbons (Fsp3) is 0.500. The van der Waals surface area contributed by atoms with Gasteiger partial charge in [0, 0.05) is 0 Å². The molecule has 0 amide bonds. The Hall–Kier alpha value is -0.590. The molecule has 0 fully saturated rings. The molecule has 0 rings (SSSR count). The number of rotatable bonds is 3. The third-order valence-corrected chi connectivity index (χ3v) is 1.07. The van der Waals surface area contributed by atoms with Crippen molar-refractivity contribution >= 4 is 47.7 Å². The van der Waals surface area contributed by atoms with Crippen molar-refractivity contribution < 1.29 is 29.3 Å². The number of aliphatic carboxylic acids is 1. The number of hydrogen-bond donors (Lipinski definition) is 2. The molecule has 7 heteroatoms. The number of carbonyl (C=O) groups is 3. The van der Waals surface area contributed by atoms with Crippen molar-refractivity contribution in [3.8, 4) is 0 Å². The zero-order valence-corrected chi connectivity index (χ0v) is 6.31. The van der Waals surface area contributed by atoms with Gasteiger partial charge >= 0.3 is 47.7 Å². The van der Waals surface area contributed by atoms with E-state index in [0.29, 0.717) is 0 Å². The molecule has 0 heterocycles. The van der Waals surface area contributed by atoms with Gasteiger partial charge in [0.05, 0.1) is 12.3 Å². The molecule has 13 heavy (non-hydrogen) atoms. The van der Waals surface area contributed by atoms with Crippen LogP contribution in [0.25, 0.3) is 0 Å². The third-order valence-electron chi connectivity index (χ3n) is 1.07. The molecule has 6 nitrogen and oxygen atoms in total. The molecular weight excluding hydrogens is 191 g/mol. The molecule has 0 aliphatic carbocycles. The standard InChI is InChI=1S/C6H8O6.Na.H/c1-3(2-4(7)8)5(9)12-6(10)11;;/h3H,2H2,1H3,(H,7,8)(H,10,11);;. The monoisotopic (exact) mass is 200 g/mol. The van der Waals surface area contributed by atoms with Crippen LogP contribution in [-0.2, 0) is 14.3 Å². The van der Waals surface area contributed by atoms with E-state index in [0.717, 1.165) is 0 Å². The van der Waals surface area contributed by atoms with Crippen LogP contribution in [0.2, 0.25) is 0 Å². The first kappa shape index (κ1) is 14.9. The van der Waals surface area contributed by atoms with E-state index < -0.39 is 30.4 Å². The van der Waals surface area contributed by atoms with Gasteiger partial charge in [-0.25, -0.2) is 4.79 Å². The maximum atomic E-state index is 10.6. The summed E-state index contributed by atoms with van der Waals surface area (Å²) in [6.07, 6.45) is -2.16. The molecule has 0 aromatic carbocycles. The number of carbonyl (C=O) groups excluding carboxylic acids is 1. The van der Waals surface area contributed by atoms with Crippen LogP contribution in [0.1, 0.15) is 13.3 Å². The van der Waals surface area contributed by atoms with Crippen molar-refractivity contribution in [3.63, 3.8) is 0 Å². The zero-order valence-electron chi connectivity index (χ0n) is 6.31. The molecule has 0 aromatic rings. The van der Waals surface area contributed by atoms with E-state index in [1.54, 1.807) is 0 Å². The Labute approximate surface area is 96.2 Å². The van der Waals surface area contributed by atoms with Crippen LogP contribution in [0.15, 0.2) is 0 Å². The minimum atomic E-state index is -1.72. The van der Waals surface area contributed by atoms with Gasteiger partial charge in [-0.15, -0.1) is 0 Å². The van der Waals surface area contributed by atoms with E-state index in [1.807, 2.05) is 0 Å². The van der Waals surface area contributed by atoms with E-state index in [-0.39, 0.29) is 29.6 Å². The van der Waals surface area contributed by atoms with Gasteiger partial charge in [-0.2, -0.15) is 0 Å². The molecule has 0 aliphatic heterocycles. The Bertz CT molecular complexity index is 213. The second kappa shape index (κ2) is 6.88. The van der Waals surface area contributed by atoms with Crippen LogP contribution in [0.4, 0.5) is 4.79 Å². The molecule has 0 saturated heterocycles. The summed E-state index contributed by atoms with van der Waals surface area (Å²) in [6.45, 7) is 1.28. The number of carboxylic acid groups (broad SMARTS) is 2. The van der Waals surface area contributed by atoms with Crippen LogP contribution in [0.3, 0.4) is 0 Å². The number of carboxylic acids is 1. The van der Waals surface area contributed by atoms with Gasteiger partial charge in [-0.3, -0.25) is 9.59 Å². The fourth-order valence-electron chi connectivity index (χ4n) is 0.532. The van der Waals surface area contributed by atoms with Crippen LogP contribution >= 0.6 is 0 Å². The molecule has 1 unspecified atom stereocenters. The molecule has 0 aliphatic rings. The molecule has 70 valence electrons. The SMILES string of the molecule is CC(CC(=O)O)C(=O)OC(=O)O.[NaH]. The summed E-state index contributed by atoms with van der Waals surface area (Å²) in [7, 11) is 0. The van der Waals surface area contributed by atoms with Crippen LogP contribution in [-0.4, -0.2) is 57.9 Å². The van der Waals surface area contributed by atoms with E-state index in [1.165, 1.54) is 6.92 Å². The summed E-state index contributed by atoms with van der Waals surface area (Å²) in [5.41, 5.74) is 0. The van der Waals surface area contributed by atoms with E-state index >= 15 is 0 Å². The zero-order chi connectivity index (χ0) is 9.72. The van der Waals surface area contributed by atoms with Crippen LogP contribution in [0, 0.1) is 5.92 Å². The predicted molar refractivity (Wildman–Crippen MR) is 42.7 cm³/mol. The van der Waals surface area contributed by atoms with Gasteiger partial charge in [0.25, 0.3) is 0 Å². The van der Waals surface area contributed by atoms with Gasteiger partial charge in [-0.05, 0) is 0 Å². The Kier molecular flexibility index (Phi) is 7.89. The summed E-state index contributed by atoms with van der Waals surface area (Å²) in [6, 6.07) is 0. The molecule has 0 spiro atoms. The summed E-state index contributed by atoms with van der Waals surface area (Å²) >= 11 is 0. The molecule has 0 radical (unpaired) electrons. The Balaban J connectivity index is 0. The Morgan fingerprint density at radius 1 is 1.31 bits per heavy atom. The second-order valence-electron chi connectivity index (χ2n) is 2.19. The molecule has 0 bridgehead atoms. The third kappa shape index (κ3) is 7.76. The summed E-state index contributed by atoms with van der Waals surface area (Å²) in [5.74, 6) is -3.17. The number of hydrogen-bond acceptors (Lipinski definition) is 4. The number of esters is 1. The van der Waals surface area contributed by atoms with Gasteiger partial charge in [0.15, 0.2) is 0 Å². The first-order valence-corrected chi connectivity index (χ1v) is 3.10. The number of ether oxygens (including phenoxy) is 1. The second-order valence-corrected chi connectivity index (χ2v) is 2.19. The van der Waals surface area contributed by atoms with Gasteiger partial charge < -0.3 is 14.9 Å². The van der Waals surface area contributed by atoms with Crippen molar-refractivity contribution in [2.45, 2.75) is 13.3 Å². The van der Waals surface area contributed by atoms with Gasteiger partial charge in [0.1, 0.15) is 0 Å². The molecule has 2 N–H and O–H groups in total. The van der Waals surface area contributed by atoms with E-state index in [2.05, 4.69) is 4.74 Å². The fourth-order valence-corrected chi connectivity index (χ4v) is 0.532. The molecule has 0 aromatic heterocycles. The molecule has 1 atom stereocenters. The van der Waals surface area contributed by atoms with Crippen LogP contribution in [0.5, 0.6) is 0 Å². The molecular formula is C6H9NaO6. The Morgan fingerprint density at radius 3 is 2.08 bits per heavy atom. The van der Waals surface area contributed by atoms with Gasteiger partial charge in [-0.1, -0.05) is 6.92 Å². The van der Waals surface area contributed by atoms with Crippen molar-refractivity contribution in [2.75, 3.05) is 0 Å². The molecule has 0 saturated carbocycles. The minimum absolute atomic E-state index is 0. The summed E-state index contributed by atoms with van der Waals surface area (Å²) < 4.78 is 3.73. The quantitative estimate of drug-likeness (QED) is 0.367. The van der Waals surface area contributed by atoms with Gasteiger partial charge in [0.2, 0.25) is 0 Å². The van der Waals surface area contributed by atoms with Crippen molar-refractivity contribution in [1.82, 2.24) is 0 Å².